The molecule has 0 aliphatic carbocycles. The number of aromatic amines is 1. The highest BCUT2D eigenvalue weighted by molar-refractivity contribution is 5.76. The highest BCUT2D eigenvalue weighted by Gasteiger charge is 2.19. The molecule has 0 radical (unpaired) electrons. The smallest absolute Gasteiger partial charge is 0.320 e. The van der Waals surface area contributed by atoms with Crippen LogP contribution in [0.2, 0.25) is 0 Å². The fourth-order valence-corrected chi connectivity index (χ4v) is 4.27. The third-order valence-corrected chi connectivity index (χ3v) is 6.43. The largest absolute Gasteiger partial charge is 0.505 e. The van der Waals surface area contributed by atoms with E-state index in [2.05, 4.69) is 15.3 Å². The lowest BCUT2D eigenvalue weighted by molar-refractivity contribution is -0.144. The number of esters is 1. The molecule has 4 rings (SSSR count). The first-order valence-corrected chi connectivity index (χ1v) is 12.0. The summed E-state index contributed by atoms with van der Waals surface area (Å²) in [6.07, 6.45) is 2.67. The maximum atomic E-state index is 13.1. The average molecular weight is 490 g/mol. The Morgan fingerprint density at radius 3 is 2.64 bits per heavy atom. The number of carbonyl (C=O) groups excluding carboxylic acids is 1. The summed E-state index contributed by atoms with van der Waals surface area (Å²) >= 11 is 0. The van der Waals surface area contributed by atoms with Crippen LogP contribution in [0.5, 0.6) is 5.75 Å². The number of phenolic OH excluding ortho intramolecular Hbond substituents is 1. The predicted octanol–water partition coefficient (Wildman–Crippen LogP) is 4.86. The van der Waals surface area contributed by atoms with Crippen molar-refractivity contribution in [2.75, 3.05) is 26.2 Å². The summed E-state index contributed by atoms with van der Waals surface area (Å²) in [7, 11) is 0. The third-order valence-electron chi connectivity index (χ3n) is 6.43. The topological polar surface area (TPSA) is 112 Å². The maximum Gasteiger partial charge on any atom is 0.320 e. The van der Waals surface area contributed by atoms with Crippen molar-refractivity contribution in [1.29, 1.82) is 0 Å². The van der Waals surface area contributed by atoms with E-state index in [1.807, 2.05) is 49.1 Å². The highest BCUT2D eigenvalue weighted by atomic mass is 16.5. The molecule has 9 heteroatoms. The number of ether oxygens (including phenoxy) is 1. The summed E-state index contributed by atoms with van der Waals surface area (Å²) in [5, 5.41) is 22.4. The fraction of sp³-hybridized carbons (Fsp3) is 0.333. The van der Waals surface area contributed by atoms with E-state index in [0.717, 1.165) is 22.4 Å². The number of hydrogen-bond acceptors (Lipinski definition) is 7. The van der Waals surface area contributed by atoms with Crippen LogP contribution in [0.1, 0.15) is 35.7 Å². The minimum Gasteiger partial charge on any atom is -0.505 e. The van der Waals surface area contributed by atoms with Gasteiger partial charge in [-0.05, 0) is 62.9 Å². The van der Waals surface area contributed by atoms with Crippen LogP contribution in [0.25, 0.3) is 11.3 Å². The standard InChI is InChI=1S/C27H31N5O4/c1-5-36-24(33)16-31-14-12-20(13-15-31)21-9-7-10-22(26(21)34)28-29-25-19(4)30-32(27(25)35)23-11-6-8-17(2)18(23)3/h6-12,30,34H,5,13-16H2,1-4H3. The van der Waals surface area contributed by atoms with Gasteiger partial charge in [0, 0.05) is 18.7 Å². The van der Waals surface area contributed by atoms with Crippen molar-refractivity contribution in [3.05, 3.63) is 75.2 Å². The molecule has 0 saturated carbocycles. The molecule has 2 N–H and O–H groups in total. The number of rotatable bonds is 7. The normalized spacial score (nSPS) is 14.3. The van der Waals surface area contributed by atoms with Crippen LogP contribution in [0.15, 0.2) is 57.5 Å². The number of H-pyrrole nitrogens is 1. The number of aromatic nitrogens is 2. The van der Waals surface area contributed by atoms with E-state index in [9.17, 15) is 14.7 Å². The van der Waals surface area contributed by atoms with E-state index in [4.69, 9.17) is 4.74 Å². The monoisotopic (exact) mass is 489 g/mol. The average Bonchev–Trinajstić information content (AvgIpc) is 3.14. The number of nitrogens with zero attached hydrogens (tertiary/aromatic N) is 4. The molecule has 0 bridgehead atoms. The zero-order valence-electron chi connectivity index (χ0n) is 21.0. The molecule has 0 unspecified atom stereocenters. The lowest BCUT2D eigenvalue weighted by Gasteiger charge is -2.25. The zero-order valence-corrected chi connectivity index (χ0v) is 21.0. The summed E-state index contributed by atoms with van der Waals surface area (Å²) in [5.41, 5.74) is 5.21. The molecule has 0 saturated heterocycles. The molecule has 188 valence electrons. The molecule has 3 aromatic rings. The molecule has 36 heavy (non-hydrogen) atoms. The van der Waals surface area contributed by atoms with Gasteiger partial charge in [0.15, 0.2) is 11.4 Å². The molecular weight excluding hydrogens is 458 g/mol. The van der Waals surface area contributed by atoms with Gasteiger partial charge in [-0.3, -0.25) is 19.6 Å². The summed E-state index contributed by atoms with van der Waals surface area (Å²) in [4.78, 5) is 26.8. The lowest BCUT2D eigenvalue weighted by Crippen LogP contribution is -2.34. The molecule has 2 aromatic carbocycles. The van der Waals surface area contributed by atoms with Gasteiger partial charge in [-0.2, -0.15) is 0 Å². The van der Waals surface area contributed by atoms with Gasteiger partial charge in [-0.1, -0.05) is 30.3 Å². The van der Waals surface area contributed by atoms with Gasteiger partial charge < -0.3 is 9.84 Å². The van der Waals surface area contributed by atoms with E-state index in [1.54, 1.807) is 26.0 Å². The second kappa shape index (κ2) is 10.7. The number of para-hydroxylation sites is 1. The van der Waals surface area contributed by atoms with Crippen LogP contribution in [0, 0.1) is 20.8 Å². The van der Waals surface area contributed by atoms with Crippen LogP contribution >= 0.6 is 0 Å². The lowest BCUT2D eigenvalue weighted by atomic mass is 9.98. The van der Waals surface area contributed by atoms with Gasteiger partial charge in [-0.25, -0.2) is 4.68 Å². The number of nitrogens with one attached hydrogen (secondary N) is 1. The molecule has 0 fully saturated rings. The number of benzene rings is 2. The zero-order chi connectivity index (χ0) is 25.8. The molecule has 1 aromatic heterocycles. The summed E-state index contributed by atoms with van der Waals surface area (Å²) in [6, 6.07) is 11.1. The second-order valence-corrected chi connectivity index (χ2v) is 8.84. The number of aromatic hydroxyl groups is 1. The predicted molar refractivity (Wildman–Crippen MR) is 139 cm³/mol. The van der Waals surface area contributed by atoms with Crippen LogP contribution in [0.4, 0.5) is 11.4 Å². The van der Waals surface area contributed by atoms with Crippen molar-refractivity contribution in [2.24, 2.45) is 10.2 Å². The van der Waals surface area contributed by atoms with Crippen molar-refractivity contribution < 1.29 is 14.6 Å². The summed E-state index contributed by atoms with van der Waals surface area (Å²) in [5.74, 6) is -0.231. The Morgan fingerprint density at radius 2 is 1.92 bits per heavy atom. The number of azo groups is 1. The Kier molecular flexibility index (Phi) is 7.49. The van der Waals surface area contributed by atoms with E-state index < -0.39 is 0 Å². The van der Waals surface area contributed by atoms with Crippen molar-refractivity contribution in [2.45, 2.75) is 34.1 Å². The fourth-order valence-electron chi connectivity index (χ4n) is 4.27. The molecule has 2 heterocycles. The molecule has 0 amide bonds. The Labute approximate surface area is 209 Å². The van der Waals surface area contributed by atoms with Gasteiger partial charge in [0.1, 0.15) is 5.69 Å². The van der Waals surface area contributed by atoms with Crippen molar-refractivity contribution in [1.82, 2.24) is 14.7 Å². The van der Waals surface area contributed by atoms with Crippen molar-refractivity contribution in [3.63, 3.8) is 0 Å². The maximum absolute atomic E-state index is 13.1. The van der Waals surface area contributed by atoms with Gasteiger partial charge in [0.25, 0.3) is 5.56 Å². The Bertz CT molecular complexity index is 1400. The SMILES string of the molecule is CCOC(=O)CN1CC=C(c2cccc(N=Nc3c(C)[nH]n(-c4cccc(C)c4C)c3=O)c2O)CC1. The highest BCUT2D eigenvalue weighted by Crippen LogP contribution is 2.37. The first kappa shape index (κ1) is 25.1. The molecular formula is C27H31N5O4. The Morgan fingerprint density at radius 1 is 1.14 bits per heavy atom. The van der Waals surface area contributed by atoms with Gasteiger partial charge in [0.05, 0.1) is 24.5 Å². The Balaban J connectivity index is 1.56. The van der Waals surface area contributed by atoms with E-state index in [0.29, 0.717) is 37.4 Å². The molecule has 1 aliphatic rings. The van der Waals surface area contributed by atoms with Gasteiger partial charge >= 0.3 is 5.97 Å². The van der Waals surface area contributed by atoms with E-state index >= 15 is 0 Å². The molecule has 9 nitrogen and oxygen atoms in total. The molecule has 0 spiro atoms. The number of aryl methyl sites for hydroxylation is 2. The van der Waals surface area contributed by atoms with Gasteiger partial charge in [0.2, 0.25) is 0 Å². The molecule has 0 atom stereocenters. The minimum atomic E-state index is -0.308. The van der Waals surface area contributed by atoms with E-state index in [1.165, 1.54) is 4.68 Å². The quantitative estimate of drug-likeness (QED) is 0.363. The van der Waals surface area contributed by atoms with Crippen LogP contribution < -0.4 is 5.56 Å². The van der Waals surface area contributed by atoms with Gasteiger partial charge in [-0.15, -0.1) is 10.2 Å². The van der Waals surface area contributed by atoms with Crippen molar-refractivity contribution in [3.8, 4) is 11.4 Å². The first-order valence-electron chi connectivity index (χ1n) is 12.0. The van der Waals surface area contributed by atoms with Crippen LogP contribution in [-0.4, -0.2) is 52.0 Å². The second-order valence-electron chi connectivity index (χ2n) is 8.84. The van der Waals surface area contributed by atoms with Crippen LogP contribution in [0.3, 0.4) is 0 Å². The molecule has 1 aliphatic heterocycles. The van der Waals surface area contributed by atoms with E-state index in [-0.39, 0.29) is 35.2 Å². The first-order chi connectivity index (χ1) is 17.3. The number of hydrogen-bond donors (Lipinski definition) is 2. The van der Waals surface area contributed by atoms with Crippen LogP contribution in [-0.2, 0) is 9.53 Å². The summed E-state index contributed by atoms with van der Waals surface area (Å²) in [6.45, 7) is 9.39. The minimum absolute atomic E-state index is 0.00869. The Hall–Kier alpha value is -3.98. The summed E-state index contributed by atoms with van der Waals surface area (Å²) < 4.78 is 6.49. The number of carbonyl (C=O) groups is 1. The number of phenols is 1. The van der Waals surface area contributed by atoms with Crippen molar-refractivity contribution >= 4 is 22.9 Å². The third kappa shape index (κ3) is 5.16.